The average molecular weight is 250 g/mol. The molecule has 0 aliphatic rings. The maximum Gasteiger partial charge on any atom is 0.251 e. The maximum absolute atomic E-state index is 11.4. The van der Waals surface area contributed by atoms with E-state index in [2.05, 4.69) is 24.5 Å². The number of hydrogen-bond acceptors (Lipinski definition) is 3. The van der Waals surface area contributed by atoms with Crippen molar-refractivity contribution >= 4 is 11.6 Å². The molecule has 0 aliphatic heterocycles. The molecular weight excluding hydrogens is 228 g/mol. The van der Waals surface area contributed by atoms with Crippen LogP contribution in [0.2, 0.25) is 0 Å². The van der Waals surface area contributed by atoms with Crippen LogP contribution >= 0.6 is 0 Å². The van der Waals surface area contributed by atoms with Crippen molar-refractivity contribution in [2.24, 2.45) is 5.92 Å². The Morgan fingerprint density at radius 1 is 1.28 bits per heavy atom. The SMILES string of the molecule is CNC(=O)c1ccc(NC(COC)C(C)C)cc1. The third-order valence-corrected chi connectivity index (χ3v) is 2.88. The number of anilines is 1. The molecule has 18 heavy (non-hydrogen) atoms. The molecule has 0 fully saturated rings. The molecular formula is C14H22N2O2. The van der Waals surface area contributed by atoms with Crippen molar-refractivity contribution in [2.75, 3.05) is 26.1 Å². The van der Waals surface area contributed by atoms with Crippen LogP contribution in [0.4, 0.5) is 5.69 Å². The van der Waals surface area contributed by atoms with E-state index >= 15 is 0 Å². The summed E-state index contributed by atoms with van der Waals surface area (Å²) < 4.78 is 5.19. The summed E-state index contributed by atoms with van der Waals surface area (Å²) in [5.74, 6) is 0.405. The van der Waals surface area contributed by atoms with Gasteiger partial charge in [-0.15, -0.1) is 0 Å². The Morgan fingerprint density at radius 3 is 2.33 bits per heavy atom. The van der Waals surface area contributed by atoms with Gasteiger partial charge in [0, 0.05) is 25.4 Å². The Hall–Kier alpha value is -1.55. The molecule has 0 aromatic heterocycles. The normalized spacial score (nSPS) is 12.3. The molecule has 1 unspecified atom stereocenters. The van der Waals surface area contributed by atoms with Crippen LogP contribution in [0, 0.1) is 5.92 Å². The van der Waals surface area contributed by atoms with E-state index in [-0.39, 0.29) is 11.9 Å². The van der Waals surface area contributed by atoms with Gasteiger partial charge in [-0.2, -0.15) is 0 Å². The zero-order chi connectivity index (χ0) is 13.5. The van der Waals surface area contributed by atoms with Crippen LogP contribution in [0.1, 0.15) is 24.2 Å². The van der Waals surface area contributed by atoms with Crippen LogP contribution in [-0.4, -0.2) is 32.7 Å². The topological polar surface area (TPSA) is 50.4 Å². The van der Waals surface area contributed by atoms with E-state index in [4.69, 9.17) is 4.74 Å². The largest absolute Gasteiger partial charge is 0.383 e. The van der Waals surface area contributed by atoms with Gasteiger partial charge in [-0.25, -0.2) is 0 Å². The van der Waals surface area contributed by atoms with Gasteiger partial charge in [0.1, 0.15) is 0 Å². The second-order valence-electron chi connectivity index (χ2n) is 4.61. The number of nitrogens with one attached hydrogen (secondary N) is 2. The van der Waals surface area contributed by atoms with Crippen molar-refractivity contribution in [3.05, 3.63) is 29.8 Å². The molecule has 0 heterocycles. The summed E-state index contributed by atoms with van der Waals surface area (Å²) in [6.45, 7) is 4.96. The number of hydrogen-bond donors (Lipinski definition) is 2. The Labute approximate surface area is 109 Å². The van der Waals surface area contributed by atoms with Crippen LogP contribution in [0.5, 0.6) is 0 Å². The third-order valence-electron chi connectivity index (χ3n) is 2.88. The lowest BCUT2D eigenvalue weighted by Crippen LogP contribution is -2.30. The first-order chi connectivity index (χ1) is 8.58. The lowest BCUT2D eigenvalue weighted by Gasteiger charge is -2.22. The Bertz CT molecular complexity index is 374. The number of methoxy groups -OCH3 is 1. The van der Waals surface area contributed by atoms with E-state index in [1.807, 2.05) is 24.3 Å². The number of amides is 1. The van der Waals surface area contributed by atoms with Gasteiger partial charge in [-0.3, -0.25) is 4.79 Å². The molecule has 4 heteroatoms. The molecule has 0 saturated carbocycles. The summed E-state index contributed by atoms with van der Waals surface area (Å²) in [5.41, 5.74) is 1.66. The zero-order valence-corrected chi connectivity index (χ0v) is 11.5. The van der Waals surface area contributed by atoms with Crippen molar-refractivity contribution < 1.29 is 9.53 Å². The predicted octanol–water partition coefficient (Wildman–Crippen LogP) is 2.13. The second-order valence-corrected chi connectivity index (χ2v) is 4.61. The lowest BCUT2D eigenvalue weighted by atomic mass is 10.0. The van der Waals surface area contributed by atoms with Gasteiger partial charge in [-0.1, -0.05) is 13.8 Å². The predicted molar refractivity (Wildman–Crippen MR) is 74.0 cm³/mol. The van der Waals surface area contributed by atoms with Crippen molar-refractivity contribution in [1.29, 1.82) is 0 Å². The molecule has 0 bridgehead atoms. The molecule has 1 atom stereocenters. The quantitative estimate of drug-likeness (QED) is 0.813. The lowest BCUT2D eigenvalue weighted by molar-refractivity contribution is 0.0963. The molecule has 100 valence electrons. The second kappa shape index (κ2) is 7.01. The van der Waals surface area contributed by atoms with Crippen molar-refractivity contribution in [3.8, 4) is 0 Å². The summed E-state index contributed by atoms with van der Waals surface area (Å²) in [6.07, 6.45) is 0. The summed E-state index contributed by atoms with van der Waals surface area (Å²) in [7, 11) is 3.33. The molecule has 1 amide bonds. The first-order valence-electron chi connectivity index (χ1n) is 6.16. The summed E-state index contributed by atoms with van der Waals surface area (Å²) >= 11 is 0. The highest BCUT2D eigenvalue weighted by Gasteiger charge is 2.12. The van der Waals surface area contributed by atoms with E-state index in [1.165, 1.54) is 0 Å². The van der Waals surface area contributed by atoms with Crippen LogP contribution < -0.4 is 10.6 Å². The van der Waals surface area contributed by atoms with Gasteiger partial charge < -0.3 is 15.4 Å². The number of ether oxygens (including phenoxy) is 1. The number of carbonyl (C=O) groups is 1. The fourth-order valence-corrected chi connectivity index (χ4v) is 1.66. The first-order valence-corrected chi connectivity index (χ1v) is 6.16. The van der Waals surface area contributed by atoms with E-state index in [0.29, 0.717) is 18.1 Å². The van der Waals surface area contributed by atoms with Crippen molar-refractivity contribution in [1.82, 2.24) is 5.32 Å². The minimum Gasteiger partial charge on any atom is -0.383 e. The smallest absolute Gasteiger partial charge is 0.251 e. The third kappa shape index (κ3) is 4.04. The highest BCUT2D eigenvalue weighted by molar-refractivity contribution is 5.94. The molecule has 1 rings (SSSR count). The zero-order valence-electron chi connectivity index (χ0n) is 11.5. The van der Waals surface area contributed by atoms with Gasteiger partial charge in [0.2, 0.25) is 0 Å². The van der Waals surface area contributed by atoms with E-state index < -0.39 is 0 Å². The molecule has 4 nitrogen and oxygen atoms in total. The van der Waals surface area contributed by atoms with Gasteiger partial charge in [-0.05, 0) is 30.2 Å². The Balaban J connectivity index is 2.70. The maximum atomic E-state index is 11.4. The van der Waals surface area contributed by atoms with Gasteiger partial charge in [0.15, 0.2) is 0 Å². The Morgan fingerprint density at radius 2 is 1.89 bits per heavy atom. The van der Waals surface area contributed by atoms with E-state index in [0.717, 1.165) is 5.69 Å². The van der Waals surface area contributed by atoms with Crippen LogP contribution in [-0.2, 0) is 4.74 Å². The first kappa shape index (κ1) is 14.5. The summed E-state index contributed by atoms with van der Waals surface area (Å²) in [5, 5.41) is 6.01. The monoisotopic (exact) mass is 250 g/mol. The van der Waals surface area contributed by atoms with Crippen molar-refractivity contribution in [2.45, 2.75) is 19.9 Å². The van der Waals surface area contributed by atoms with Crippen LogP contribution in [0.3, 0.4) is 0 Å². The van der Waals surface area contributed by atoms with Crippen LogP contribution in [0.15, 0.2) is 24.3 Å². The minimum absolute atomic E-state index is 0.0705. The Kier molecular flexibility index (Phi) is 5.65. The molecule has 1 aromatic rings. The standard InChI is InChI=1S/C14H22N2O2/c1-10(2)13(9-18-4)16-12-7-5-11(6-8-12)14(17)15-3/h5-8,10,13,16H,9H2,1-4H3,(H,15,17). The highest BCUT2D eigenvalue weighted by Crippen LogP contribution is 2.14. The fourth-order valence-electron chi connectivity index (χ4n) is 1.66. The van der Waals surface area contributed by atoms with Gasteiger partial charge in [0.25, 0.3) is 5.91 Å². The molecule has 1 aromatic carbocycles. The average Bonchev–Trinajstić information content (AvgIpc) is 2.38. The molecule has 0 aliphatic carbocycles. The molecule has 0 radical (unpaired) electrons. The molecule has 0 saturated heterocycles. The van der Waals surface area contributed by atoms with E-state index in [9.17, 15) is 4.79 Å². The molecule has 0 spiro atoms. The van der Waals surface area contributed by atoms with Crippen LogP contribution in [0.25, 0.3) is 0 Å². The minimum atomic E-state index is -0.0705. The van der Waals surface area contributed by atoms with Gasteiger partial charge >= 0.3 is 0 Å². The number of benzene rings is 1. The van der Waals surface area contributed by atoms with Gasteiger partial charge in [0.05, 0.1) is 12.6 Å². The summed E-state index contributed by atoms with van der Waals surface area (Å²) in [6, 6.07) is 7.71. The number of carbonyl (C=O) groups excluding carboxylic acids is 1. The highest BCUT2D eigenvalue weighted by atomic mass is 16.5. The summed E-state index contributed by atoms with van der Waals surface area (Å²) in [4.78, 5) is 11.4. The van der Waals surface area contributed by atoms with E-state index in [1.54, 1.807) is 14.2 Å². The fraction of sp³-hybridized carbons (Fsp3) is 0.500. The number of rotatable bonds is 6. The molecule has 2 N–H and O–H groups in total. The van der Waals surface area contributed by atoms with Crippen molar-refractivity contribution in [3.63, 3.8) is 0 Å².